The topological polar surface area (TPSA) is 199 Å². The van der Waals surface area contributed by atoms with Crippen LogP contribution in [0.3, 0.4) is 0 Å². The first kappa shape index (κ1) is 29.0. The van der Waals surface area contributed by atoms with Crippen LogP contribution in [0, 0.1) is 23.5 Å². The van der Waals surface area contributed by atoms with Crippen LogP contribution < -0.4 is 30.6 Å². The summed E-state index contributed by atoms with van der Waals surface area (Å²) in [6.07, 6.45) is 0.323. The largest absolute Gasteiger partial charge is 0.527 e. The molecular formula is C23H25F2N5O9P2. The van der Waals surface area contributed by atoms with Crippen LogP contribution in [-0.4, -0.2) is 45.7 Å². The highest BCUT2D eigenvalue weighted by atomic mass is 31.2. The average molecular weight is 615 g/mol. The smallest absolute Gasteiger partial charge is 0.404 e. The number of aromatic nitrogens is 2. The number of anilines is 3. The van der Waals surface area contributed by atoms with Gasteiger partial charge in [-0.1, -0.05) is 12.1 Å². The molecule has 5 atom stereocenters. The minimum Gasteiger partial charge on any atom is -0.404 e. The Morgan fingerprint density at radius 1 is 1.00 bits per heavy atom. The number of hydrogen-bond acceptors (Lipinski definition) is 11. The van der Waals surface area contributed by atoms with Crippen molar-refractivity contribution in [3.63, 3.8) is 0 Å². The molecular weight excluding hydrogens is 590 g/mol. The minimum absolute atomic E-state index is 0.117. The molecule has 0 radical (unpaired) electrons. The van der Waals surface area contributed by atoms with Crippen LogP contribution in [0.4, 0.5) is 26.2 Å². The van der Waals surface area contributed by atoms with Gasteiger partial charge in [0, 0.05) is 24.1 Å². The summed E-state index contributed by atoms with van der Waals surface area (Å²) in [6, 6.07) is 8.78. The van der Waals surface area contributed by atoms with Crippen molar-refractivity contribution in [2.75, 3.05) is 35.8 Å². The molecule has 14 nitrogen and oxygen atoms in total. The maximum absolute atomic E-state index is 13.5. The highest BCUT2D eigenvalue weighted by molar-refractivity contribution is 7.48. The van der Waals surface area contributed by atoms with E-state index in [9.17, 15) is 32.5 Å². The van der Waals surface area contributed by atoms with Crippen molar-refractivity contribution in [3.05, 3.63) is 70.5 Å². The van der Waals surface area contributed by atoms with Gasteiger partial charge in [-0.3, -0.25) is 28.6 Å². The molecule has 18 heteroatoms. The van der Waals surface area contributed by atoms with Gasteiger partial charge in [0.1, 0.15) is 28.8 Å². The van der Waals surface area contributed by atoms with Crippen LogP contribution >= 0.6 is 15.6 Å². The molecule has 2 aromatic carbocycles. The summed E-state index contributed by atoms with van der Waals surface area (Å²) >= 11 is 0. The number of benzene rings is 2. The number of halogens is 2. The summed E-state index contributed by atoms with van der Waals surface area (Å²) in [5.41, 5.74) is 5.41. The number of nitrogen functional groups attached to an aromatic ring is 1. The molecule has 0 bridgehead atoms. The maximum Gasteiger partial charge on any atom is 0.527 e. The second-order valence-corrected chi connectivity index (χ2v) is 12.1. The molecule has 2 unspecified atom stereocenters. The Bertz CT molecular complexity index is 1600. The Kier molecular flexibility index (Phi) is 8.06. The van der Waals surface area contributed by atoms with Gasteiger partial charge < -0.3 is 25.0 Å². The molecule has 1 fully saturated rings. The highest BCUT2D eigenvalue weighted by Gasteiger charge is 2.48. The van der Waals surface area contributed by atoms with Crippen LogP contribution in [0.15, 0.2) is 53.3 Å². The Morgan fingerprint density at radius 2 is 1.59 bits per heavy atom. The lowest BCUT2D eigenvalue weighted by atomic mass is 9.69. The van der Waals surface area contributed by atoms with E-state index in [1.165, 1.54) is 24.3 Å². The third kappa shape index (κ3) is 6.87. The van der Waals surface area contributed by atoms with Gasteiger partial charge in [0.05, 0.1) is 19.9 Å². The third-order valence-electron chi connectivity index (χ3n) is 6.58. The fourth-order valence-electron chi connectivity index (χ4n) is 4.67. The number of H-pyrrole nitrogens is 1. The fraction of sp³-hybridized carbons (Fsp3) is 0.304. The Balaban J connectivity index is 1.30. The van der Waals surface area contributed by atoms with Crippen LogP contribution in [0.25, 0.3) is 0 Å². The van der Waals surface area contributed by atoms with Gasteiger partial charge in [-0.15, -0.1) is 0 Å². The Labute approximate surface area is 231 Å². The first-order valence-electron chi connectivity index (χ1n) is 12.1. The van der Waals surface area contributed by atoms with Gasteiger partial charge in [0.2, 0.25) is 5.95 Å². The zero-order valence-electron chi connectivity index (χ0n) is 21.1. The Hall–Kier alpha value is -3.52. The predicted molar refractivity (Wildman–Crippen MR) is 141 cm³/mol. The van der Waals surface area contributed by atoms with Crippen LogP contribution in [-0.2, 0) is 18.2 Å². The van der Waals surface area contributed by atoms with E-state index in [0.29, 0.717) is 6.42 Å². The molecule has 0 amide bonds. The van der Waals surface area contributed by atoms with Gasteiger partial charge in [-0.2, -0.15) is 4.98 Å². The van der Waals surface area contributed by atoms with Gasteiger partial charge in [-0.25, -0.2) is 17.9 Å². The van der Waals surface area contributed by atoms with E-state index in [1.54, 1.807) is 4.90 Å². The first-order valence-corrected chi connectivity index (χ1v) is 15.1. The zero-order valence-corrected chi connectivity index (χ0v) is 22.8. The second kappa shape index (κ2) is 11.4. The summed E-state index contributed by atoms with van der Waals surface area (Å²) in [4.78, 5) is 41.0. The quantitative estimate of drug-likeness (QED) is 0.197. The second-order valence-electron chi connectivity index (χ2n) is 9.31. The molecule has 0 spiro atoms. The summed E-state index contributed by atoms with van der Waals surface area (Å²) in [6.45, 7) is -0.582. The molecule has 3 aromatic rings. The fourth-order valence-corrected chi connectivity index (χ4v) is 6.28. The normalized spacial score (nSPS) is 22.5. The number of hydrogen-bond donors (Lipinski definition) is 5. The molecule has 220 valence electrons. The number of nitrogens with two attached hydrogens (primary N) is 1. The number of fused-ring (bicyclic) bond motifs is 1. The molecule has 6 N–H and O–H groups in total. The van der Waals surface area contributed by atoms with E-state index >= 15 is 0 Å². The first-order chi connectivity index (χ1) is 19.4. The number of rotatable bonds is 11. The van der Waals surface area contributed by atoms with Crippen molar-refractivity contribution in [2.24, 2.45) is 11.8 Å². The van der Waals surface area contributed by atoms with E-state index in [2.05, 4.69) is 15.3 Å². The van der Waals surface area contributed by atoms with E-state index in [1.807, 2.05) is 0 Å². The van der Waals surface area contributed by atoms with Crippen molar-refractivity contribution in [1.29, 1.82) is 0 Å². The summed E-state index contributed by atoms with van der Waals surface area (Å²) in [5, 5.41) is 2.92. The van der Waals surface area contributed by atoms with E-state index in [-0.39, 0.29) is 42.2 Å². The third-order valence-corrected chi connectivity index (χ3v) is 8.41. The molecule has 1 saturated carbocycles. The van der Waals surface area contributed by atoms with E-state index in [4.69, 9.17) is 23.8 Å². The molecule has 0 saturated heterocycles. The molecule has 1 aliphatic carbocycles. The summed E-state index contributed by atoms with van der Waals surface area (Å²) < 4.78 is 72.3. The molecule has 2 heterocycles. The highest BCUT2D eigenvalue weighted by Crippen LogP contribution is 2.51. The van der Waals surface area contributed by atoms with E-state index < -0.39 is 57.3 Å². The maximum atomic E-state index is 13.5. The molecule has 1 aliphatic heterocycles. The Morgan fingerprint density at radius 3 is 2.17 bits per heavy atom. The molecule has 5 rings (SSSR count). The number of aromatic amines is 1. The standard InChI is InChI=1S/C23H25F2N5O9P2/c24-14-3-1-5-16(8-14)38-40(32,33)36-10-13-7-19(30-12-27-20-21(30)28-23(26)29-22(20)31)18(13)11-37-41(34,35)39-17-6-2-4-15(25)9-17/h1-6,8-9,13,18-19,27H,7,10-12H2,(H,32,33)(H,34,35)(H3,26,28,29,31)/t13-,18-,19-/m1/s1. The number of phosphoric ester groups is 2. The summed E-state index contributed by atoms with van der Waals surface area (Å²) in [5.74, 6) is -2.79. The minimum atomic E-state index is -4.73. The lowest BCUT2D eigenvalue weighted by Gasteiger charge is -2.48. The van der Waals surface area contributed by atoms with Gasteiger partial charge in [0.15, 0.2) is 5.82 Å². The number of phosphoric acid groups is 2. The number of nitrogens with zero attached hydrogens (tertiary/aromatic N) is 2. The predicted octanol–water partition coefficient (Wildman–Crippen LogP) is 3.22. The average Bonchev–Trinajstić information content (AvgIpc) is 3.26. The van der Waals surface area contributed by atoms with Crippen molar-refractivity contribution < 1.29 is 45.8 Å². The van der Waals surface area contributed by atoms with Crippen LogP contribution in [0.5, 0.6) is 11.5 Å². The van der Waals surface area contributed by atoms with Crippen molar-refractivity contribution in [1.82, 2.24) is 9.97 Å². The van der Waals surface area contributed by atoms with Gasteiger partial charge >= 0.3 is 15.6 Å². The summed E-state index contributed by atoms with van der Waals surface area (Å²) in [7, 11) is -9.41. The van der Waals surface area contributed by atoms with Gasteiger partial charge in [-0.05, 0) is 36.6 Å². The molecule has 41 heavy (non-hydrogen) atoms. The van der Waals surface area contributed by atoms with Crippen molar-refractivity contribution >= 4 is 33.1 Å². The van der Waals surface area contributed by atoms with Crippen LogP contribution in [0.2, 0.25) is 0 Å². The van der Waals surface area contributed by atoms with Gasteiger partial charge in [0.25, 0.3) is 5.56 Å². The van der Waals surface area contributed by atoms with E-state index in [0.717, 1.165) is 24.3 Å². The zero-order chi connectivity index (χ0) is 29.4. The van der Waals surface area contributed by atoms with Crippen molar-refractivity contribution in [2.45, 2.75) is 12.5 Å². The van der Waals surface area contributed by atoms with Crippen LogP contribution in [0.1, 0.15) is 6.42 Å². The lowest BCUT2D eigenvalue weighted by Crippen LogP contribution is -2.55. The molecule has 2 aliphatic rings. The van der Waals surface area contributed by atoms with Crippen molar-refractivity contribution in [3.8, 4) is 11.5 Å². The monoisotopic (exact) mass is 615 g/mol. The lowest BCUT2D eigenvalue weighted by molar-refractivity contribution is 0.0211. The SMILES string of the molecule is Nc1nc2c(c(=O)[nH]1)NCN2[C@@H]1C[C@H](COP(=O)(O)Oc2cccc(F)c2)[C@H]1COP(=O)(O)Oc1cccc(F)c1. The number of nitrogens with one attached hydrogen (secondary N) is 2. The molecule has 1 aromatic heterocycles.